The molecule has 0 aromatic rings. The summed E-state index contributed by atoms with van der Waals surface area (Å²) < 4.78 is 0. The molecule has 4 nitrogen and oxygen atoms in total. The Balaban J connectivity index is 1.77. The van der Waals surface area contributed by atoms with Gasteiger partial charge in [-0.15, -0.1) is 0 Å². The number of nitrogens with one attached hydrogen (secondary N) is 2. The molecule has 0 aromatic heterocycles. The summed E-state index contributed by atoms with van der Waals surface area (Å²) in [7, 11) is 0. The van der Waals surface area contributed by atoms with Crippen LogP contribution in [0.25, 0.3) is 0 Å². The monoisotopic (exact) mass is 267 g/mol. The molecular weight excluding hydrogens is 238 g/mol. The number of rotatable bonds is 4. The smallest absolute Gasteiger partial charge is 0.240 e. The predicted octanol–water partition coefficient (Wildman–Crippen LogP) is 1.51. The van der Waals surface area contributed by atoms with Crippen LogP contribution in [-0.2, 0) is 4.79 Å². The maximum absolute atomic E-state index is 12.4. The van der Waals surface area contributed by atoms with Crippen LogP contribution in [0.2, 0.25) is 0 Å². The fourth-order valence-corrected chi connectivity index (χ4v) is 3.21. The maximum Gasteiger partial charge on any atom is 0.240 e. The van der Waals surface area contributed by atoms with Crippen molar-refractivity contribution in [2.75, 3.05) is 26.2 Å². The molecule has 2 aliphatic rings. The minimum absolute atomic E-state index is 0.178. The van der Waals surface area contributed by atoms with Crippen LogP contribution in [0.5, 0.6) is 0 Å². The molecular formula is C15H29N3O. The van der Waals surface area contributed by atoms with Gasteiger partial charge in [-0.3, -0.25) is 4.79 Å². The molecule has 4 heteroatoms. The lowest BCUT2D eigenvalue weighted by Crippen LogP contribution is -2.59. The normalized spacial score (nSPS) is 30.8. The molecule has 2 heterocycles. The van der Waals surface area contributed by atoms with Crippen molar-refractivity contribution in [2.24, 2.45) is 0 Å². The second-order valence-corrected chi connectivity index (χ2v) is 6.45. The number of hydrogen-bond acceptors (Lipinski definition) is 3. The van der Waals surface area contributed by atoms with E-state index in [1.54, 1.807) is 0 Å². The first kappa shape index (κ1) is 14.8. The van der Waals surface area contributed by atoms with Gasteiger partial charge in [-0.25, -0.2) is 0 Å². The van der Waals surface area contributed by atoms with Crippen molar-refractivity contribution in [1.29, 1.82) is 0 Å². The van der Waals surface area contributed by atoms with Gasteiger partial charge in [0.2, 0.25) is 5.91 Å². The summed E-state index contributed by atoms with van der Waals surface area (Å²) >= 11 is 0. The molecule has 2 saturated heterocycles. The molecule has 0 radical (unpaired) electrons. The highest BCUT2D eigenvalue weighted by Gasteiger charge is 2.34. The third-order valence-corrected chi connectivity index (χ3v) is 4.48. The largest absolute Gasteiger partial charge is 0.351 e. The molecule has 0 bridgehead atoms. The van der Waals surface area contributed by atoms with E-state index in [1.807, 2.05) is 6.92 Å². The van der Waals surface area contributed by atoms with Gasteiger partial charge in [0.1, 0.15) is 0 Å². The number of hydrogen-bond donors (Lipinski definition) is 2. The minimum Gasteiger partial charge on any atom is -0.351 e. The van der Waals surface area contributed by atoms with Gasteiger partial charge < -0.3 is 15.5 Å². The first-order valence-electron chi connectivity index (χ1n) is 7.88. The first-order chi connectivity index (χ1) is 9.10. The van der Waals surface area contributed by atoms with Crippen molar-refractivity contribution in [2.45, 2.75) is 64.0 Å². The Morgan fingerprint density at radius 2 is 2.00 bits per heavy atom. The van der Waals surface area contributed by atoms with Gasteiger partial charge in [0.05, 0.1) is 5.54 Å². The second-order valence-electron chi connectivity index (χ2n) is 6.45. The molecule has 0 spiro atoms. The number of likely N-dealkylation sites (tertiary alicyclic amines) is 1. The predicted molar refractivity (Wildman–Crippen MR) is 78.2 cm³/mol. The average Bonchev–Trinajstić information content (AvgIpc) is 2.40. The molecule has 1 amide bonds. The lowest BCUT2D eigenvalue weighted by Gasteiger charge is -2.35. The Morgan fingerprint density at radius 3 is 2.63 bits per heavy atom. The van der Waals surface area contributed by atoms with E-state index >= 15 is 0 Å². The molecule has 2 atom stereocenters. The lowest BCUT2D eigenvalue weighted by molar-refractivity contribution is -0.128. The fraction of sp³-hybridized carbons (Fsp3) is 0.933. The fourth-order valence-electron chi connectivity index (χ4n) is 3.21. The van der Waals surface area contributed by atoms with Crippen LogP contribution >= 0.6 is 0 Å². The summed E-state index contributed by atoms with van der Waals surface area (Å²) in [5.74, 6) is 0.178. The standard InChI is InChI=1S/C15H29N3O/c1-13(12-18-10-6-3-7-11-18)17-14(19)15(2)8-4-5-9-16-15/h13,16H,3-12H2,1-2H3,(H,17,19). The zero-order chi connectivity index (χ0) is 13.7. The second kappa shape index (κ2) is 6.71. The van der Waals surface area contributed by atoms with Gasteiger partial charge >= 0.3 is 0 Å². The molecule has 0 saturated carbocycles. The quantitative estimate of drug-likeness (QED) is 0.811. The van der Waals surface area contributed by atoms with Crippen molar-refractivity contribution in [3.63, 3.8) is 0 Å². The van der Waals surface area contributed by atoms with Crippen molar-refractivity contribution in [3.05, 3.63) is 0 Å². The summed E-state index contributed by atoms with van der Waals surface area (Å²) in [6, 6.07) is 0.242. The molecule has 0 aromatic carbocycles. The third kappa shape index (κ3) is 4.18. The van der Waals surface area contributed by atoms with E-state index in [-0.39, 0.29) is 17.5 Å². The van der Waals surface area contributed by atoms with Crippen molar-refractivity contribution in [1.82, 2.24) is 15.5 Å². The van der Waals surface area contributed by atoms with E-state index in [0.717, 1.165) is 25.9 Å². The molecule has 2 aliphatic heterocycles. The van der Waals surface area contributed by atoms with Crippen LogP contribution in [0.4, 0.5) is 0 Å². The number of amides is 1. The highest BCUT2D eigenvalue weighted by Crippen LogP contribution is 2.19. The molecule has 110 valence electrons. The molecule has 19 heavy (non-hydrogen) atoms. The zero-order valence-electron chi connectivity index (χ0n) is 12.5. The summed E-state index contributed by atoms with van der Waals surface area (Å²) in [5.41, 5.74) is -0.353. The Kier molecular flexibility index (Phi) is 5.22. The zero-order valence-corrected chi connectivity index (χ0v) is 12.5. The van der Waals surface area contributed by atoms with E-state index in [9.17, 15) is 4.79 Å². The topological polar surface area (TPSA) is 44.4 Å². The number of piperidine rings is 2. The molecule has 2 N–H and O–H groups in total. The van der Waals surface area contributed by atoms with Gasteiger partial charge in [-0.1, -0.05) is 6.42 Å². The summed E-state index contributed by atoms with van der Waals surface area (Å²) in [6.45, 7) is 8.49. The van der Waals surface area contributed by atoms with Crippen molar-refractivity contribution >= 4 is 5.91 Å². The van der Waals surface area contributed by atoms with Gasteiger partial charge in [-0.05, 0) is 65.6 Å². The van der Waals surface area contributed by atoms with Crippen LogP contribution in [0, 0.1) is 0 Å². The SMILES string of the molecule is CC(CN1CCCCC1)NC(=O)C1(C)CCCCN1. The van der Waals surface area contributed by atoms with Gasteiger partial charge in [0.15, 0.2) is 0 Å². The number of carbonyl (C=O) groups excluding carboxylic acids is 1. The van der Waals surface area contributed by atoms with E-state index in [1.165, 1.54) is 38.8 Å². The van der Waals surface area contributed by atoms with Gasteiger partial charge in [0.25, 0.3) is 0 Å². The Hall–Kier alpha value is -0.610. The van der Waals surface area contributed by atoms with E-state index in [2.05, 4.69) is 22.5 Å². The Bertz CT molecular complexity index is 294. The number of carbonyl (C=O) groups is 1. The van der Waals surface area contributed by atoms with E-state index in [4.69, 9.17) is 0 Å². The Morgan fingerprint density at radius 1 is 1.26 bits per heavy atom. The van der Waals surface area contributed by atoms with Crippen LogP contribution in [-0.4, -0.2) is 48.6 Å². The van der Waals surface area contributed by atoms with Crippen molar-refractivity contribution in [3.8, 4) is 0 Å². The van der Waals surface area contributed by atoms with Gasteiger partial charge in [0, 0.05) is 12.6 Å². The van der Waals surface area contributed by atoms with Crippen LogP contribution in [0.3, 0.4) is 0 Å². The Labute approximate surface area is 117 Å². The molecule has 2 fully saturated rings. The highest BCUT2D eigenvalue weighted by atomic mass is 16.2. The summed E-state index contributed by atoms with van der Waals surface area (Å²) in [6.07, 6.45) is 7.26. The third-order valence-electron chi connectivity index (χ3n) is 4.48. The average molecular weight is 267 g/mol. The van der Waals surface area contributed by atoms with Crippen LogP contribution in [0.15, 0.2) is 0 Å². The van der Waals surface area contributed by atoms with E-state index in [0.29, 0.717) is 0 Å². The lowest BCUT2D eigenvalue weighted by atomic mass is 9.90. The molecule has 2 rings (SSSR count). The van der Waals surface area contributed by atoms with Crippen molar-refractivity contribution < 1.29 is 4.79 Å². The highest BCUT2D eigenvalue weighted by molar-refractivity contribution is 5.86. The maximum atomic E-state index is 12.4. The molecule has 0 aliphatic carbocycles. The minimum atomic E-state index is -0.353. The van der Waals surface area contributed by atoms with Crippen LogP contribution < -0.4 is 10.6 Å². The summed E-state index contributed by atoms with van der Waals surface area (Å²) in [4.78, 5) is 14.9. The van der Waals surface area contributed by atoms with Crippen LogP contribution in [0.1, 0.15) is 52.4 Å². The molecule has 2 unspecified atom stereocenters. The summed E-state index contributed by atoms with van der Waals surface area (Å²) in [5, 5.41) is 6.57. The van der Waals surface area contributed by atoms with Gasteiger partial charge in [-0.2, -0.15) is 0 Å². The first-order valence-corrected chi connectivity index (χ1v) is 7.88. The number of nitrogens with zero attached hydrogens (tertiary/aromatic N) is 1. The van der Waals surface area contributed by atoms with E-state index < -0.39 is 0 Å².